The highest BCUT2D eigenvalue weighted by Gasteiger charge is 2.20. The molecule has 0 radical (unpaired) electrons. The lowest BCUT2D eigenvalue weighted by atomic mass is 10.1. The summed E-state index contributed by atoms with van der Waals surface area (Å²) < 4.78 is 33.4. The molecule has 2 aromatic carbocycles. The zero-order chi connectivity index (χ0) is 18.7. The molecule has 0 spiro atoms. The Bertz CT molecular complexity index is 847. The third kappa shape index (κ3) is 4.02. The highest BCUT2D eigenvalue weighted by atomic mass is 32.2. The standard InChI is InChI=1S/C20H26N2O3S/c1-15-12-19(25-3)13-16(2)20(15)26(23,24)21-14-17-6-8-18(9-7-17)22-10-4-5-11-22/h6-9,12-13,21H,4-5,10-11,14H2,1-3H3. The first-order chi connectivity index (χ1) is 12.4. The fourth-order valence-corrected chi connectivity index (χ4v) is 4.97. The molecule has 0 aliphatic carbocycles. The highest BCUT2D eigenvalue weighted by molar-refractivity contribution is 7.89. The maximum Gasteiger partial charge on any atom is 0.241 e. The van der Waals surface area contributed by atoms with Crippen LogP contribution in [-0.2, 0) is 16.6 Å². The van der Waals surface area contributed by atoms with E-state index in [1.54, 1.807) is 33.1 Å². The molecule has 0 unspecified atom stereocenters. The number of sulfonamides is 1. The lowest BCUT2D eigenvalue weighted by molar-refractivity contribution is 0.413. The van der Waals surface area contributed by atoms with Crippen molar-refractivity contribution in [1.82, 2.24) is 4.72 Å². The molecule has 1 N–H and O–H groups in total. The maximum absolute atomic E-state index is 12.8. The number of hydrogen-bond donors (Lipinski definition) is 1. The predicted octanol–water partition coefficient (Wildman–Crippen LogP) is 3.39. The fourth-order valence-electron chi connectivity index (χ4n) is 3.50. The Labute approximate surface area is 156 Å². The summed E-state index contributed by atoms with van der Waals surface area (Å²) in [5.41, 5.74) is 3.51. The molecule has 0 aromatic heterocycles. The van der Waals surface area contributed by atoms with Crippen LogP contribution in [0.5, 0.6) is 5.75 Å². The first kappa shape index (κ1) is 18.7. The molecule has 1 aliphatic rings. The molecule has 1 saturated heterocycles. The molecule has 1 aliphatic heterocycles. The van der Waals surface area contributed by atoms with Crippen molar-refractivity contribution in [1.29, 1.82) is 0 Å². The highest BCUT2D eigenvalue weighted by Crippen LogP contribution is 2.26. The van der Waals surface area contributed by atoms with Gasteiger partial charge in [0, 0.05) is 25.3 Å². The Kier molecular flexibility index (Phi) is 5.53. The fraction of sp³-hybridized carbons (Fsp3) is 0.400. The van der Waals surface area contributed by atoms with Gasteiger partial charge in [0.15, 0.2) is 0 Å². The summed E-state index contributed by atoms with van der Waals surface area (Å²) in [6.07, 6.45) is 2.48. The lowest BCUT2D eigenvalue weighted by Gasteiger charge is -2.18. The minimum atomic E-state index is -3.59. The van der Waals surface area contributed by atoms with E-state index in [0.29, 0.717) is 21.8 Å². The van der Waals surface area contributed by atoms with Crippen LogP contribution in [0.25, 0.3) is 0 Å². The number of benzene rings is 2. The molecule has 140 valence electrons. The van der Waals surface area contributed by atoms with Gasteiger partial charge in [-0.1, -0.05) is 12.1 Å². The number of nitrogens with one attached hydrogen (secondary N) is 1. The SMILES string of the molecule is COc1cc(C)c(S(=O)(=O)NCc2ccc(N3CCCC3)cc2)c(C)c1. The molecular formula is C20H26N2O3S. The van der Waals surface area contributed by atoms with Crippen molar-refractivity contribution in [2.24, 2.45) is 0 Å². The van der Waals surface area contributed by atoms with Crippen LogP contribution in [0.4, 0.5) is 5.69 Å². The second-order valence-corrected chi connectivity index (χ2v) is 8.48. The second kappa shape index (κ2) is 7.68. The van der Waals surface area contributed by atoms with Crippen LogP contribution in [0.1, 0.15) is 29.5 Å². The predicted molar refractivity (Wildman–Crippen MR) is 104 cm³/mol. The Hall–Kier alpha value is -2.05. The molecule has 2 aromatic rings. The molecule has 1 heterocycles. The second-order valence-electron chi connectivity index (χ2n) is 6.78. The van der Waals surface area contributed by atoms with E-state index in [4.69, 9.17) is 4.74 Å². The zero-order valence-corrected chi connectivity index (χ0v) is 16.4. The molecule has 6 heteroatoms. The minimum Gasteiger partial charge on any atom is -0.497 e. The quantitative estimate of drug-likeness (QED) is 0.842. The van der Waals surface area contributed by atoms with Gasteiger partial charge in [0.2, 0.25) is 10.0 Å². The van der Waals surface area contributed by atoms with E-state index in [0.717, 1.165) is 18.7 Å². The van der Waals surface area contributed by atoms with Crippen molar-refractivity contribution in [2.75, 3.05) is 25.1 Å². The lowest BCUT2D eigenvalue weighted by Crippen LogP contribution is -2.25. The third-order valence-electron chi connectivity index (χ3n) is 4.81. The number of aryl methyl sites for hydroxylation is 2. The van der Waals surface area contributed by atoms with Crippen LogP contribution in [-0.4, -0.2) is 28.6 Å². The van der Waals surface area contributed by atoms with Crippen molar-refractivity contribution in [2.45, 2.75) is 38.1 Å². The Morgan fingerprint density at radius 3 is 2.15 bits per heavy atom. The van der Waals surface area contributed by atoms with Crippen molar-refractivity contribution in [3.8, 4) is 5.75 Å². The van der Waals surface area contributed by atoms with Gasteiger partial charge in [0.05, 0.1) is 12.0 Å². The monoisotopic (exact) mass is 374 g/mol. The summed E-state index contributed by atoms with van der Waals surface area (Å²) in [5, 5.41) is 0. The average Bonchev–Trinajstić information content (AvgIpc) is 3.14. The van der Waals surface area contributed by atoms with Crippen molar-refractivity contribution >= 4 is 15.7 Å². The molecule has 0 atom stereocenters. The zero-order valence-electron chi connectivity index (χ0n) is 15.6. The Morgan fingerprint density at radius 2 is 1.62 bits per heavy atom. The van der Waals surface area contributed by atoms with Crippen LogP contribution in [0.15, 0.2) is 41.3 Å². The first-order valence-electron chi connectivity index (χ1n) is 8.89. The van der Waals surface area contributed by atoms with Gasteiger partial charge in [-0.25, -0.2) is 13.1 Å². The number of hydrogen-bond acceptors (Lipinski definition) is 4. The largest absolute Gasteiger partial charge is 0.497 e. The van der Waals surface area contributed by atoms with Crippen molar-refractivity contribution < 1.29 is 13.2 Å². The number of nitrogens with zero attached hydrogens (tertiary/aromatic N) is 1. The molecule has 0 saturated carbocycles. The van der Waals surface area contributed by atoms with E-state index >= 15 is 0 Å². The Balaban J connectivity index is 1.72. The summed E-state index contributed by atoms with van der Waals surface area (Å²) in [6.45, 7) is 6.04. The van der Waals surface area contributed by atoms with Gasteiger partial charge in [-0.2, -0.15) is 0 Å². The van der Waals surface area contributed by atoms with Gasteiger partial charge in [0.1, 0.15) is 5.75 Å². The third-order valence-corrected chi connectivity index (χ3v) is 6.52. The normalized spacial score (nSPS) is 14.7. The van der Waals surface area contributed by atoms with E-state index in [2.05, 4.69) is 21.8 Å². The van der Waals surface area contributed by atoms with Gasteiger partial charge in [-0.05, 0) is 67.6 Å². The molecule has 0 bridgehead atoms. The Morgan fingerprint density at radius 1 is 1.04 bits per heavy atom. The van der Waals surface area contributed by atoms with E-state index in [1.807, 2.05) is 12.1 Å². The topological polar surface area (TPSA) is 58.6 Å². The molecule has 3 rings (SSSR count). The number of ether oxygens (including phenoxy) is 1. The number of methoxy groups -OCH3 is 1. The molecule has 5 nitrogen and oxygen atoms in total. The van der Waals surface area contributed by atoms with Gasteiger partial charge in [-0.3, -0.25) is 0 Å². The number of rotatable bonds is 6. The number of anilines is 1. The summed E-state index contributed by atoms with van der Waals surface area (Å²) in [6, 6.07) is 11.6. The summed E-state index contributed by atoms with van der Waals surface area (Å²) >= 11 is 0. The summed E-state index contributed by atoms with van der Waals surface area (Å²) in [4.78, 5) is 2.69. The van der Waals surface area contributed by atoms with Gasteiger partial charge >= 0.3 is 0 Å². The summed E-state index contributed by atoms with van der Waals surface area (Å²) in [5.74, 6) is 0.663. The molecule has 1 fully saturated rings. The van der Waals surface area contributed by atoms with E-state index in [-0.39, 0.29) is 6.54 Å². The minimum absolute atomic E-state index is 0.271. The van der Waals surface area contributed by atoms with Crippen molar-refractivity contribution in [3.63, 3.8) is 0 Å². The average molecular weight is 375 g/mol. The van der Waals surface area contributed by atoms with Gasteiger partial charge in [0.25, 0.3) is 0 Å². The van der Waals surface area contributed by atoms with Crippen LogP contribution in [0.3, 0.4) is 0 Å². The van der Waals surface area contributed by atoms with Crippen LogP contribution >= 0.6 is 0 Å². The smallest absolute Gasteiger partial charge is 0.241 e. The van der Waals surface area contributed by atoms with Crippen molar-refractivity contribution in [3.05, 3.63) is 53.1 Å². The van der Waals surface area contributed by atoms with E-state index < -0.39 is 10.0 Å². The molecule has 26 heavy (non-hydrogen) atoms. The van der Waals surface area contributed by atoms with Gasteiger partial charge < -0.3 is 9.64 Å². The van der Waals surface area contributed by atoms with Gasteiger partial charge in [-0.15, -0.1) is 0 Å². The van der Waals surface area contributed by atoms with E-state index in [1.165, 1.54) is 18.5 Å². The van der Waals surface area contributed by atoms with Crippen LogP contribution < -0.4 is 14.4 Å². The van der Waals surface area contributed by atoms with Crippen LogP contribution in [0, 0.1) is 13.8 Å². The maximum atomic E-state index is 12.8. The summed E-state index contributed by atoms with van der Waals surface area (Å²) in [7, 11) is -2.01. The molecular weight excluding hydrogens is 348 g/mol. The van der Waals surface area contributed by atoms with Crippen LogP contribution in [0.2, 0.25) is 0 Å². The first-order valence-corrected chi connectivity index (χ1v) is 10.4. The molecule has 0 amide bonds. The van der Waals surface area contributed by atoms with E-state index in [9.17, 15) is 8.42 Å².